The number of nitrogens with one attached hydrogen (secondary N) is 1. The average molecular weight is 328 g/mol. The highest BCUT2D eigenvalue weighted by atomic mass is 19.1. The first-order valence-electron chi connectivity index (χ1n) is 8.45. The Kier molecular flexibility index (Phi) is 4.06. The number of aromatic nitrogens is 2. The van der Waals surface area contributed by atoms with Crippen molar-refractivity contribution < 1.29 is 9.50 Å². The molecule has 4 rings (SSSR count). The minimum absolute atomic E-state index is 0.0816. The number of hydrogen-bond donors (Lipinski definition) is 2. The van der Waals surface area contributed by atoms with Crippen molar-refractivity contribution in [2.24, 2.45) is 5.92 Å². The molecule has 1 aliphatic heterocycles. The molecule has 2 heterocycles. The van der Waals surface area contributed by atoms with Gasteiger partial charge in [-0.2, -0.15) is 0 Å². The second kappa shape index (κ2) is 6.36. The van der Waals surface area contributed by atoms with E-state index in [2.05, 4.69) is 15.3 Å². The summed E-state index contributed by atoms with van der Waals surface area (Å²) in [6.07, 6.45) is 4.22. The zero-order valence-corrected chi connectivity index (χ0v) is 13.4. The molecule has 1 aromatic carbocycles. The predicted molar refractivity (Wildman–Crippen MR) is 90.4 cm³/mol. The molecule has 1 saturated carbocycles. The van der Waals surface area contributed by atoms with E-state index in [4.69, 9.17) is 0 Å². The summed E-state index contributed by atoms with van der Waals surface area (Å²) in [7, 11) is 0. The van der Waals surface area contributed by atoms with Crippen molar-refractivity contribution in [3.8, 4) is 0 Å². The van der Waals surface area contributed by atoms with E-state index in [0.717, 1.165) is 29.7 Å². The van der Waals surface area contributed by atoms with Gasteiger partial charge in [-0.25, -0.2) is 14.4 Å². The SMILES string of the molecule is O[C@H]1C[C@H](c2cccc(F)c2)N(c2cc(NCC3CC3)ncn2)C1. The van der Waals surface area contributed by atoms with Crippen LogP contribution in [0.2, 0.25) is 0 Å². The lowest BCUT2D eigenvalue weighted by atomic mass is 10.0. The Morgan fingerprint density at radius 3 is 2.92 bits per heavy atom. The Morgan fingerprint density at radius 2 is 2.12 bits per heavy atom. The summed E-state index contributed by atoms with van der Waals surface area (Å²) in [6.45, 7) is 1.42. The number of aliphatic hydroxyl groups is 1. The highest BCUT2D eigenvalue weighted by Crippen LogP contribution is 2.36. The van der Waals surface area contributed by atoms with Gasteiger partial charge in [-0.1, -0.05) is 12.1 Å². The summed E-state index contributed by atoms with van der Waals surface area (Å²) < 4.78 is 13.6. The minimum Gasteiger partial charge on any atom is -0.391 e. The van der Waals surface area contributed by atoms with Crippen molar-refractivity contribution in [3.05, 3.63) is 48.0 Å². The molecule has 126 valence electrons. The standard InChI is InChI=1S/C18H21FN4O/c19-14-3-1-2-13(6-14)16-7-15(24)10-23(16)18-8-17(21-11-22-18)20-9-12-4-5-12/h1-3,6,8,11-12,15-16,24H,4-5,7,9-10H2,(H,20,21,22)/t15-,16+/m0/s1. The largest absolute Gasteiger partial charge is 0.391 e. The molecule has 2 atom stereocenters. The molecule has 1 aromatic heterocycles. The van der Waals surface area contributed by atoms with Crippen LogP contribution in [0.15, 0.2) is 36.7 Å². The number of hydrogen-bond acceptors (Lipinski definition) is 5. The summed E-state index contributed by atoms with van der Waals surface area (Å²) in [6, 6.07) is 8.39. The number of anilines is 2. The van der Waals surface area contributed by atoms with E-state index in [1.165, 1.54) is 31.3 Å². The van der Waals surface area contributed by atoms with E-state index in [-0.39, 0.29) is 11.9 Å². The van der Waals surface area contributed by atoms with Gasteiger partial charge in [0.15, 0.2) is 0 Å². The number of nitrogens with zero attached hydrogens (tertiary/aromatic N) is 3. The van der Waals surface area contributed by atoms with E-state index in [1.54, 1.807) is 6.07 Å². The molecule has 1 aliphatic carbocycles. The van der Waals surface area contributed by atoms with E-state index >= 15 is 0 Å². The minimum atomic E-state index is -0.448. The van der Waals surface area contributed by atoms with Crippen molar-refractivity contribution in [1.82, 2.24) is 9.97 Å². The van der Waals surface area contributed by atoms with Crippen LogP contribution in [-0.2, 0) is 0 Å². The molecule has 0 bridgehead atoms. The van der Waals surface area contributed by atoms with Gasteiger partial charge in [0.05, 0.1) is 12.1 Å². The number of β-amino-alcohol motifs (C(OH)–C–C–N with tert-alkyl or cyclic N) is 1. The zero-order chi connectivity index (χ0) is 16.5. The second-order valence-corrected chi connectivity index (χ2v) is 6.70. The Hall–Kier alpha value is -2.21. The molecule has 0 spiro atoms. The summed E-state index contributed by atoms with van der Waals surface area (Å²) >= 11 is 0. The quantitative estimate of drug-likeness (QED) is 0.884. The fourth-order valence-corrected chi connectivity index (χ4v) is 3.27. The van der Waals surface area contributed by atoms with E-state index in [1.807, 2.05) is 17.0 Å². The van der Waals surface area contributed by atoms with Gasteiger partial charge in [0.25, 0.3) is 0 Å². The molecule has 24 heavy (non-hydrogen) atoms. The van der Waals surface area contributed by atoms with Crippen LogP contribution in [-0.4, -0.2) is 34.3 Å². The van der Waals surface area contributed by atoms with Gasteiger partial charge in [-0.05, 0) is 42.9 Å². The van der Waals surface area contributed by atoms with Crippen LogP contribution in [0.3, 0.4) is 0 Å². The Bertz CT molecular complexity index is 722. The second-order valence-electron chi connectivity index (χ2n) is 6.70. The van der Waals surface area contributed by atoms with Gasteiger partial charge in [0, 0.05) is 19.2 Å². The van der Waals surface area contributed by atoms with Crippen molar-refractivity contribution in [3.63, 3.8) is 0 Å². The molecule has 0 radical (unpaired) electrons. The summed E-state index contributed by atoms with van der Waals surface area (Å²) in [5, 5.41) is 13.5. The van der Waals surface area contributed by atoms with Crippen LogP contribution < -0.4 is 10.2 Å². The van der Waals surface area contributed by atoms with Crippen molar-refractivity contribution in [2.45, 2.75) is 31.4 Å². The monoisotopic (exact) mass is 328 g/mol. The maximum absolute atomic E-state index is 13.6. The third-order valence-corrected chi connectivity index (χ3v) is 4.73. The van der Waals surface area contributed by atoms with Crippen molar-refractivity contribution in [2.75, 3.05) is 23.3 Å². The van der Waals surface area contributed by atoms with Gasteiger partial charge < -0.3 is 15.3 Å². The lowest BCUT2D eigenvalue weighted by molar-refractivity contribution is 0.194. The first-order valence-corrected chi connectivity index (χ1v) is 8.45. The maximum Gasteiger partial charge on any atom is 0.134 e. The van der Waals surface area contributed by atoms with Crippen LogP contribution in [0.4, 0.5) is 16.0 Å². The smallest absolute Gasteiger partial charge is 0.134 e. The third kappa shape index (κ3) is 3.33. The molecular formula is C18H21FN4O. The van der Waals surface area contributed by atoms with Crippen LogP contribution in [0.25, 0.3) is 0 Å². The molecule has 6 heteroatoms. The Labute approximate surface area is 140 Å². The van der Waals surface area contributed by atoms with Crippen LogP contribution in [0.5, 0.6) is 0 Å². The number of benzene rings is 1. The molecule has 2 aromatic rings. The highest BCUT2D eigenvalue weighted by molar-refractivity contribution is 5.51. The Balaban J connectivity index is 1.57. The van der Waals surface area contributed by atoms with Crippen LogP contribution in [0, 0.1) is 11.7 Å². The lowest BCUT2D eigenvalue weighted by Crippen LogP contribution is -2.25. The van der Waals surface area contributed by atoms with Gasteiger partial charge in [0.2, 0.25) is 0 Å². The van der Waals surface area contributed by atoms with Crippen molar-refractivity contribution in [1.29, 1.82) is 0 Å². The predicted octanol–water partition coefficient (Wildman–Crippen LogP) is 2.75. The molecule has 2 aliphatic rings. The lowest BCUT2D eigenvalue weighted by Gasteiger charge is -2.26. The molecule has 2 N–H and O–H groups in total. The van der Waals surface area contributed by atoms with E-state index < -0.39 is 6.10 Å². The Morgan fingerprint density at radius 1 is 1.25 bits per heavy atom. The highest BCUT2D eigenvalue weighted by Gasteiger charge is 2.33. The third-order valence-electron chi connectivity index (χ3n) is 4.73. The van der Waals surface area contributed by atoms with Crippen LogP contribution >= 0.6 is 0 Å². The number of rotatable bonds is 5. The van der Waals surface area contributed by atoms with Crippen LogP contribution in [0.1, 0.15) is 30.9 Å². The van der Waals surface area contributed by atoms with E-state index in [0.29, 0.717) is 13.0 Å². The number of halogens is 1. The molecule has 1 saturated heterocycles. The first-order chi connectivity index (χ1) is 11.7. The molecule has 5 nitrogen and oxygen atoms in total. The van der Waals surface area contributed by atoms with Crippen molar-refractivity contribution >= 4 is 11.6 Å². The summed E-state index contributed by atoms with van der Waals surface area (Å²) in [5.74, 6) is 2.06. The summed E-state index contributed by atoms with van der Waals surface area (Å²) in [4.78, 5) is 10.7. The normalized spacial score (nSPS) is 23.5. The molecule has 0 amide bonds. The van der Waals surface area contributed by atoms with E-state index in [9.17, 15) is 9.50 Å². The fraction of sp³-hybridized carbons (Fsp3) is 0.444. The zero-order valence-electron chi connectivity index (χ0n) is 13.4. The van der Waals surface area contributed by atoms with Gasteiger partial charge in [0.1, 0.15) is 23.8 Å². The topological polar surface area (TPSA) is 61.3 Å². The van der Waals surface area contributed by atoms with Gasteiger partial charge in [-0.15, -0.1) is 0 Å². The van der Waals surface area contributed by atoms with Gasteiger partial charge >= 0.3 is 0 Å². The number of aliphatic hydroxyl groups excluding tert-OH is 1. The molecular weight excluding hydrogens is 307 g/mol. The van der Waals surface area contributed by atoms with Gasteiger partial charge in [-0.3, -0.25) is 0 Å². The first kappa shape index (κ1) is 15.3. The fourth-order valence-electron chi connectivity index (χ4n) is 3.27. The summed E-state index contributed by atoms with van der Waals surface area (Å²) in [5.41, 5.74) is 0.859. The average Bonchev–Trinajstić information content (AvgIpc) is 3.33. The maximum atomic E-state index is 13.6. The molecule has 2 fully saturated rings. The molecule has 0 unspecified atom stereocenters.